The van der Waals surface area contributed by atoms with Crippen LogP contribution in [-0.2, 0) is 0 Å². The van der Waals surface area contributed by atoms with Gasteiger partial charge in [-0.25, -0.2) is 4.79 Å². The molecule has 1 aliphatic rings. The Morgan fingerprint density at radius 2 is 2.33 bits per heavy atom. The van der Waals surface area contributed by atoms with Gasteiger partial charge in [0.1, 0.15) is 0 Å². The van der Waals surface area contributed by atoms with Crippen molar-refractivity contribution in [3.63, 3.8) is 0 Å². The summed E-state index contributed by atoms with van der Waals surface area (Å²) < 4.78 is 0. The number of carbonyl (C=O) groups is 1. The zero-order valence-corrected chi connectivity index (χ0v) is 7.58. The third kappa shape index (κ3) is 2.37. The number of likely N-dealkylation sites (tertiary alicyclic amines) is 1. The fraction of sp³-hybridized carbons (Fsp3) is 0.875. The van der Waals surface area contributed by atoms with Gasteiger partial charge in [-0.05, 0) is 6.42 Å². The molecule has 12 heavy (non-hydrogen) atoms. The van der Waals surface area contributed by atoms with Crippen molar-refractivity contribution < 1.29 is 9.90 Å². The van der Waals surface area contributed by atoms with Crippen LogP contribution in [0.15, 0.2) is 0 Å². The Hall–Kier alpha value is -0.770. The van der Waals surface area contributed by atoms with E-state index in [0.717, 1.165) is 6.42 Å². The van der Waals surface area contributed by atoms with Crippen molar-refractivity contribution in [2.75, 3.05) is 13.1 Å². The second kappa shape index (κ2) is 3.76. The molecule has 1 amide bonds. The maximum absolute atomic E-state index is 10.5. The molecule has 70 valence electrons. The molecule has 1 rings (SSSR count). The summed E-state index contributed by atoms with van der Waals surface area (Å²) in [4.78, 5) is 12.0. The van der Waals surface area contributed by atoms with Gasteiger partial charge >= 0.3 is 6.09 Å². The molecule has 4 heteroatoms. The van der Waals surface area contributed by atoms with Gasteiger partial charge in [-0.3, -0.25) is 0 Å². The normalized spacial score (nSPS) is 23.6. The molecule has 1 atom stereocenters. The van der Waals surface area contributed by atoms with Crippen molar-refractivity contribution in [3.8, 4) is 0 Å². The van der Waals surface area contributed by atoms with Crippen LogP contribution in [0.1, 0.15) is 20.3 Å². The van der Waals surface area contributed by atoms with Gasteiger partial charge in [0.15, 0.2) is 0 Å². The van der Waals surface area contributed by atoms with E-state index in [4.69, 9.17) is 5.11 Å². The van der Waals surface area contributed by atoms with E-state index in [1.165, 1.54) is 4.90 Å². The number of hydrogen-bond donors (Lipinski definition) is 2. The third-order valence-corrected chi connectivity index (χ3v) is 2.03. The van der Waals surface area contributed by atoms with Gasteiger partial charge in [0, 0.05) is 25.2 Å². The van der Waals surface area contributed by atoms with Gasteiger partial charge in [0.25, 0.3) is 0 Å². The Bertz CT molecular complexity index is 170. The molecule has 0 saturated carbocycles. The molecular formula is C8H16N2O2. The summed E-state index contributed by atoms with van der Waals surface area (Å²) >= 11 is 0. The van der Waals surface area contributed by atoms with E-state index in [1.54, 1.807) is 0 Å². The summed E-state index contributed by atoms with van der Waals surface area (Å²) in [5, 5.41) is 12.0. The minimum atomic E-state index is -0.803. The molecule has 0 bridgehead atoms. The van der Waals surface area contributed by atoms with Crippen molar-refractivity contribution in [3.05, 3.63) is 0 Å². The zero-order valence-electron chi connectivity index (χ0n) is 7.58. The fourth-order valence-corrected chi connectivity index (χ4v) is 1.54. The van der Waals surface area contributed by atoms with Gasteiger partial charge in [-0.1, -0.05) is 13.8 Å². The first-order valence-corrected chi connectivity index (χ1v) is 4.33. The lowest BCUT2D eigenvalue weighted by molar-refractivity contribution is 0.154. The zero-order chi connectivity index (χ0) is 9.14. The fourth-order valence-electron chi connectivity index (χ4n) is 1.54. The monoisotopic (exact) mass is 172 g/mol. The van der Waals surface area contributed by atoms with E-state index in [9.17, 15) is 4.79 Å². The highest BCUT2D eigenvalue weighted by atomic mass is 16.4. The minimum absolute atomic E-state index is 0.348. The van der Waals surface area contributed by atoms with E-state index >= 15 is 0 Å². The molecule has 0 unspecified atom stereocenters. The number of nitrogens with zero attached hydrogens (tertiary/aromatic N) is 1. The standard InChI is InChI=1S/C8H16N2O2/c1-6(2)9-7-3-4-10(5-7)8(11)12/h6-7,9H,3-5H2,1-2H3,(H,11,12)/t7-/m0/s1. The number of carboxylic acid groups (broad SMARTS) is 1. The highest BCUT2D eigenvalue weighted by Gasteiger charge is 2.25. The van der Waals surface area contributed by atoms with E-state index in [2.05, 4.69) is 19.2 Å². The SMILES string of the molecule is CC(C)N[C@H]1CCN(C(=O)O)C1. The van der Waals surface area contributed by atoms with Crippen LogP contribution >= 0.6 is 0 Å². The average Bonchev–Trinajstić information content (AvgIpc) is 2.34. The Balaban J connectivity index is 2.30. The first-order valence-electron chi connectivity index (χ1n) is 4.33. The van der Waals surface area contributed by atoms with Crippen molar-refractivity contribution in [2.45, 2.75) is 32.4 Å². The Labute approximate surface area is 72.6 Å². The lowest BCUT2D eigenvalue weighted by atomic mass is 10.2. The lowest BCUT2D eigenvalue weighted by Crippen LogP contribution is -2.38. The number of amides is 1. The maximum atomic E-state index is 10.5. The minimum Gasteiger partial charge on any atom is -0.465 e. The molecule has 1 fully saturated rings. The van der Waals surface area contributed by atoms with Crippen LogP contribution < -0.4 is 5.32 Å². The van der Waals surface area contributed by atoms with Crippen LogP contribution in [0.5, 0.6) is 0 Å². The average molecular weight is 172 g/mol. The summed E-state index contributed by atoms with van der Waals surface area (Å²) in [6, 6.07) is 0.782. The Morgan fingerprint density at radius 3 is 2.75 bits per heavy atom. The topological polar surface area (TPSA) is 52.6 Å². The first-order chi connectivity index (χ1) is 5.59. The molecule has 1 aliphatic heterocycles. The van der Waals surface area contributed by atoms with Crippen molar-refractivity contribution in [2.24, 2.45) is 0 Å². The molecule has 1 heterocycles. The quantitative estimate of drug-likeness (QED) is 0.646. The molecule has 0 aromatic carbocycles. The third-order valence-electron chi connectivity index (χ3n) is 2.03. The van der Waals surface area contributed by atoms with Crippen LogP contribution in [0, 0.1) is 0 Å². The van der Waals surface area contributed by atoms with Crippen LogP contribution in [0.3, 0.4) is 0 Å². The van der Waals surface area contributed by atoms with E-state index in [1.807, 2.05) is 0 Å². The molecule has 2 N–H and O–H groups in total. The van der Waals surface area contributed by atoms with Gasteiger partial charge in [-0.15, -0.1) is 0 Å². The molecule has 0 aromatic rings. The molecule has 0 aliphatic carbocycles. The second-order valence-electron chi connectivity index (χ2n) is 3.54. The summed E-state index contributed by atoms with van der Waals surface area (Å²) in [6.45, 7) is 5.44. The smallest absolute Gasteiger partial charge is 0.407 e. The van der Waals surface area contributed by atoms with E-state index in [-0.39, 0.29) is 0 Å². The van der Waals surface area contributed by atoms with Gasteiger partial charge in [-0.2, -0.15) is 0 Å². The number of hydrogen-bond acceptors (Lipinski definition) is 2. The van der Waals surface area contributed by atoms with Crippen molar-refractivity contribution >= 4 is 6.09 Å². The molecular weight excluding hydrogens is 156 g/mol. The van der Waals surface area contributed by atoms with Crippen LogP contribution in [0.2, 0.25) is 0 Å². The van der Waals surface area contributed by atoms with Crippen LogP contribution in [0.25, 0.3) is 0 Å². The largest absolute Gasteiger partial charge is 0.465 e. The molecule has 0 radical (unpaired) electrons. The van der Waals surface area contributed by atoms with E-state index in [0.29, 0.717) is 25.2 Å². The predicted molar refractivity (Wildman–Crippen MR) is 46.3 cm³/mol. The highest BCUT2D eigenvalue weighted by Crippen LogP contribution is 2.09. The lowest BCUT2D eigenvalue weighted by Gasteiger charge is -2.15. The number of nitrogens with one attached hydrogen (secondary N) is 1. The van der Waals surface area contributed by atoms with Crippen molar-refractivity contribution in [1.29, 1.82) is 0 Å². The summed E-state index contributed by atoms with van der Waals surface area (Å²) in [6.07, 6.45) is 0.132. The van der Waals surface area contributed by atoms with Gasteiger partial charge in [0.05, 0.1) is 0 Å². The predicted octanol–water partition coefficient (Wildman–Crippen LogP) is 0.737. The van der Waals surface area contributed by atoms with Crippen LogP contribution in [-0.4, -0.2) is 41.3 Å². The second-order valence-corrected chi connectivity index (χ2v) is 3.54. The molecule has 4 nitrogen and oxygen atoms in total. The first kappa shape index (κ1) is 9.32. The summed E-state index contributed by atoms with van der Waals surface area (Å²) in [7, 11) is 0. The van der Waals surface area contributed by atoms with E-state index < -0.39 is 6.09 Å². The van der Waals surface area contributed by atoms with Gasteiger partial charge in [0.2, 0.25) is 0 Å². The highest BCUT2D eigenvalue weighted by molar-refractivity contribution is 5.65. The summed E-state index contributed by atoms with van der Waals surface area (Å²) in [5.41, 5.74) is 0. The molecule has 0 spiro atoms. The molecule has 0 aromatic heterocycles. The Morgan fingerprint density at radius 1 is 1.67 bits per heavy atom. The molecule has 1 saturated heterocycles. The Kier molecular flexibility index (Phi) is 2.92. The van der Waals surface area contributed by atoms with Crippen molar-refractivity contribution in [1.82, 2.24) is 10.2 Å². The number of rotatable bonds is 2. The van der Waals surface area contributed by atoms with Crippen LogP contribution in [0.4, 0.5) is 4.79 Å². The summed E-state index contributed by atoms with van der Waals surface area (Å²) in [5.74, 6) is 0. The maximum Gasteiger partial charge on any atom is 0.407 e. The van der Waals surface area contributed by atoms with Gasteiger partial charge < -0.3 is 15.3 Å².